The summed E-state index contributed by atoms with van der Waals surface area (Å²) in [5.41, 5.74) is 0. The molecule has 1 heterocycles. The Balaban J connectivity index is 0.000000810. The van der Waals surface area contributed by atoms with Gasteiger partial charge in [0.25, 0.3) is 0 Å². The van der Waals surface area contributed by atoms with Crippen LogP contribution >= 0.6 is 12.4 Å². The van der Waals surface area contributed by atoms with Crippen LogP contribution in [0.4, 0.5) is 0 Å². The molecule has 0 aromatic rings. The SMILES string of the molecule is Cl.O=CN1CC[C@@H](CO)C1. The van der Waals surface area contributed by atoms with Gasteiger partial charge in [-0.2, -0.15) is 0 Å². The number of halogens is 1. The zero-order chi connectivity index (χ0) is 6.69. The Morgan fingerprint density at radius 2 is 2.40 bits per heavy atom. The third kappa shape index (κ3) is 2.15. The molecule has 4 heteroatoms. The molecule has 0 aliphatic carbocycles. The summed E-state index contributed by atoms with van der Waals surface area (Å²) < 4.78 is 0. The molecule has 1 amide bonds. The van der Waals surface area contributed by atoms with E-state index in [1.165, 1.54) is 0 Å². The predicted molar refractivity (Wildman–Crippen MR) is 40.1 cm³/mol. The molecule has 1 saturated heterocycles. The summed E-state index contributed by atoms with van der Waals surface area (Å²) in [5.74, 6) is 0.329. The smallest absolute Gasteiger partial charge is 0.209 e. The number of likely N-dealkylation sites (tertiary alicyclic amines) is 1. The van der Waals surface area contributed by atoms with E-state index in [1.807, 2.05) is 0 Å². The van der Waals surface area contributed by atoms with Gasteiger partial charge in [-0.25, -0.2) is 0 Å². The van der Waals surface area contributed by atoms with Gasteiger partial charge in [0.1, 0.15) is 0 Å². The maximum absolute atomic E-state index is 10.1. The van der Waals surface area contributed by atoms with Crippen LogP contribution in [0.5, 0.6) is 0 Å². The van der Waals surface area contributed by atoms with E-state index in [-0.39, 0.29) is 19.0 Å². The molecule has 1 rings (SSSR count). The number of aliphatic hydroxyl groups excluding tert-OH is 1. The van der Waals surface area contributed by atoms with Gasteiger partial charge in [0.15, 0.2) is 0 Å². The van der Waals surface area contributed by atoms with Crippen molar-refractivity contribution >= 4 is 18.8 Å². The number of aliphatic hydroxyl groups is 1. The number of hydrogen-bond donors (Lipinski definition) is 1. The van der Waals surface area contributed by atoms with Crippen molar-refractivity contribution in [2.24, 2.45) is 5.92 Å². The summed E-state index contributed by atoms with van der Waals surface area (Å²) in [6.45, 7) is 1.76. The number of rotatable bonds is 2. The monoisotopic (exact) mass is 165 g/mol. The van der Waals surface area contributed by atoms with Crippen molar-refractivity contribution in [3.63, 3.8) is 0 Å². The molecule has 1 aliphatic rings. The standard InChI is InChI=1S/C6H11NO2.ClH/c8-4-6-1-2-7(3-6)5-9;/h5-6,8H,1-4H2;1H/t6-;/m1./s1. The summed E-state index contributed by atoms with van der Waals surface area (Å²) in [5, 5.41) is 8.64. The molecule has 0 bridgehead atoms. The summed E-state index contributed by atoms with van der Waals surface area (Å²) in [6.07, 6.45) is 1.80. The quantitative estimate of drug-likeness (QED) is 0.580. The first kappa shape index (κ1) is 9.72. The fourth-order valence-electron chi connectivity index (χ4n) is 1.11. The fraction of sp³-hybridized carbons (Fsp3) is 0.833. The molecule has 1 aliphatic heterocycles. The second-order valence-corrected chi connectivity index (χ2v) is 2.44. The third-order valence-corrected chi connectivity index (χ3v) is 1.72. The minimum absolute atomic E-state index is 0. The van der Waals surface area contributed by atoms with Crippen LogP contribution in [0, 0.1) is 5.92 Å². The molecule has 1 fully saturated rings. The molecule has 0 aromatic carbocycles. The lowest BCUT2D eigenvalue weighted by Crippen LogP contribution is -2.18. The molecular formula is C6H12ClNO2. The van der Waals surface area contributed by atoms with Crippen molar-refractivity contribution in [2.75, 3.05) is 19.7 Å². The van der Waals surface area contributed by atoms with E-state index in [0.717, 1.165) is 25.9 Å². The lowest BCUT2D eigenvalue weighted by molar-refractivity contribution is -0.117. The van der Waals surface area contributed by atoms with Gasteiger partial charge in [-0.05, 0) is 6.42 Å². The van der Waals surface area contributed by atoms with E-state index in [9.17, 15) is 4.79 Å². The molecule has 1 atom stereocenters. The zero-order valence-electron chi connectivity index (χ0n) is 5.69. The molecule has 1 N–H and O–H groups in total. The highest BCUT2D eigenvalue weighted by Gasteiger charge is 2.19. The first-order valence-corrected chi connectivity index (χ1v) is 3.17. The van der Waals surface area contributed by atoms with E-state index in [0.29, 0.717) is 5.92 Å². The molecular weight excluding hydrogens is 154 g/mol. The maximum Gasteiger partial charge on any atom is 0.209 e. The number of amides is 1. The molecule has 0 radical (unpaired) electrons. The average molecular weight is 166 g/mol. The molecule has 60 valence electrons. The van der Waals surface area contributed by atoms with Crippen molar-refractivity contribution in [1.82, 2.24) is 4.90 Å². The van der Waals surface area contributed by atoms with E-state index < -0.39 is 0 Å². The summed E-state index contributed by atoms with van der Waals surface area (Å²) in [7, 11) is 0. The molecule has 3 nitrogen and oxygen atoms in total. The molecule has 10 heavy (non-hydrogen) atoms. The van der Waals surface area contributed by atoms with Crippen molar-refractivity contribution in [3.05, 3.63) is 0 Å². The lowest BCUT2D eigenvalue weighted by Gasteiger charge is -2.06. The first-order chi connectivity index (χ1) is 4.36. The summed E-state index contributed by atoms with van der Waals surface area (Å²) in [4.78, 5) is 11.8. The van der Waals surface area contributed by atoms with Gasteiger partial charge in [0, 0.05) is 25.6 Å². The van der Waals surface area contributed by atoms with Crippen molar-refractivity contribution in [2.45, 2.75) is 6.42 Å². The Kier molecular flexibility index (Phi) is 4.40. The van der Waals surface area contributed by atoms with Crippen LogP contribution in [-0.2, 0) is 4.79 Å². The Morgan fingerprint density at radius 3 is 2.70 bits per heavy atom. The topological polar surface area (TPSA) is 40.5 Å². The highest BCUT2D eigenvalue weighted by atomic mass is 35.5. The van der Waals surface area contributed by atoms with Gasteiger partial charge < -0.3 is 10.0 Å². The second-order valence-electron chi connectivity index (χ2n) is 2.44. The van der Waals surface area contributed by atoms with Gasteiger partial charge >= 0.3 is 0 Å². The Bertz CT molecular complexity index is 110. The molecule has 0 spiro atoms. The van der Waals surface area contributed by atoms with Gasteiger partial charge in [0.2, 0.25) is 6.41 Å². The van der Waals surface area contributed by atoms with Gasteiger partial charge in [-0.3, -0.25) is 4.79 Å². The van der Waals surface area contributed by atoms with Crippen molar-refractivity contribution in [1.29, 1.82) is 0 Å². The maximum atomic E-state index is 10.1. The third-order valence-electron chi connectivity index (χ3n) is 1.72. The largest absolute Gasteiger partial charge is 0.396 e. The zero-order valence-corrected chi connectivity index (χ0v) is 6.51. The van der Waals surface area contributed by atoms with Gasteiger partial charge in [0.05, 0.1) is 0 Å². The Hall–Kier alpha value is -0.280. The van der Waals surface area contributed by atoms with E-state index in [1.54, 1.807) is 4.90 Å². The molecule has 0 unspecified atom stereocenters. The Morgan fingerprint density at radius 1 is 1.70 bits per heavy atom. The minimum Gasteiger partial charge on any atom is -0.396 e. The lowest BCUT2D eigenvalue weighted by atomic mass is 10.1. The van der Waals surface area contributed by atoms with Gasteiger partial charge in [-0.15, -0.1) is 12.4 Å². The highest BCUT2D eigenvalue weighted by molar-refractivity contribution is 5.85. The molecule has 0 aromatic heterocycles. The van der Waals surface area contributed by atoms with Crippen LogP contribution in [0.3, 0.4) is 0 Å². The van der Waals surface area contributed by atoms with Gasteiger partial charge in [-0.1, -0.05) is 0 Å². The van der Waals surface area contributed by atoms with Crippen LogP contribution in [0.15, 0.2) is 0 Å². The van der Waals surface area contributed by atoms with E-state index in [4.69, 9.17) is 5.11 Å². The van der Waals surface area contributed by atoms with Crippen LogP contribution in [0.1, 0.15) is 6.42 Å². The summed E-state index contributed by atoms with van der Waals surface area (Å²) in [6, 6.07) is 0. The minimum atomic E-state index is 0. The van der Waals surface area contributed by atoms with Crippen LogP contribution in [-0.4, -0.2) is 36.1 Å². The van der Waals surface area contributed by atoms with Crippen molar-refractivity contribution < 1.29 is 9.90 Å². The van der Waals surface area contributed by atoms with E-state index in [2.05, 4.69) is 0 Å². The van der Waals surface area contributed by atoms with Crippen LogP contribution < -0.4 is 0 Å². The number of hydrogen-bond acceptors (Lipinski definition) is 2. The highest BCUT2D eigenvalue weighted by Crippen LogP contribution is 2.12. The van der Waals surface area contributed by atoms with Crippen LogP contribution in [0.25, 0.3) is 0 Å². The van der Waals surface area contributed by atoms with Crippen molar-refractivity contribution in [3.8, 4) is 0 Å². The second kappa shape index (κ2) is 4.52. The normalized spacial score (nSPS) is 24.1. The number of nitrogens with zero attached hydrogens (tertiary/aromatic N) is 1. The number of carbonyl (C=O) groups excluding carboxylic acids is 1. The Labute approximate surface area is 66.4 Å². The molecule has 0 saturated carbocycles. The predicted octanol–water partition coefficient (Wildman–Crippen LogP) is -0.121. The average Bonchev–Trinajstić information content (AvgIpc) is 2.34. The number of carbonyl (C=O) groups is 1. The first-order valence-electron chi connectivity index (χ1n) is 3.17. The van der Waals surface area contributed by atoms with E-state index >= 15 is 0 Å². The van der Waals surface area contributed by atoms with Crippen LogP contribution in [0.2, 0.25) is 0 Å². The summed E-state index contributed by atoms with van der Waals surface area (Å²) >= 11 is 0. The fourth-order valence-corrected chi connectivity index (χ4v) is 1.11.